The molecule has 0 aliphatic rings. The minimum atomic E-state index is -0.795. The third-order valence-electron chi connectivity index (χ3n) is 1.87. The van der Waals surface area contributed by atoms with Gasteiger partial charge in [-0.3, -0.25) is 9.59 Å². The first-order valence-corrected chi connectivity index (χ1v) is 4.89. The zero-order valence-corrected chi connectivity index (χ0v) is 9.22. The minimum absolute atomic E-state index is 0.110. The van der Waals surface area contributed by atoms with Gasteiger partial charge in [-0.15, -0.1) is 11.6 Å². The van der Waals surface area contributed by atoms with E-state index in [0.717, 1.165) is 12.1 Å². The third kappa shape index (κ3) is 2.93. The van der Waals surface area contributed by atoms with Gasteiger partial charge >= 0.3 is 0 Å². The molecule has 0 bridgehead atoms. The second kappa shape index (κ2) is 4.94. The number of nitrogens with two attached hydrogens (primary N) is 1. The molecule has 0 fully saturated rings. The lowest BCUT2D eigenvalue weighted by atomic mass is 10.2. The first-order chi connectivity index (χ1) is 7.41. The number of anilines is 1. The average molecular weight is 245 g/mol. The molecule has 0 heterocycles. The first kappa shape index (κ1) is 12.4. The van der Waals surface area contributed by atoms with Crippen LogP contribution >= 0.6 is 11.6 Å². The van der Waals surface area contributed by atoms with Crippen LogP contribution in [0.1, 0.15) is 17.3 Å². The normalized spacial score (nSPS) is 11.9. The minimum Gasteiger partial charge on any atom is -0.366 e. The summed E-state index contributed by atoms with van der Waals surface area (Å²) < 4.78 is 13.2. The van der Waals surface area contributed by atoms with Gasteiger partial charge in [-0.2, -0.15) is 0 Å². The molecule has 16 heavy (non-hydrogen) atoms. The van der Waals surface area contributed by atoms with Gasteiger partial charge in [-0.05, 0) is 25.1 Å². The number of rotatable bonds is 3. The fourth-order valence-corrected chi connectivity index (χ4v) is 1.06. The number of primary amides is 1. The molecule has 0 aromatic heterocycles. The van der Waals surface area contributed by atoms with Crippen LogP contribution in [0.2, 0.25) is 0 Å². The molecule has 6 heteroatoms. The Labute approximate surface area is 96.6 Å². The summed E-state index contributed by atoms with van der Waals surface area (Å²) in [6, 6.07) is 3.45. The molecule has 0 spiro atoms. The van der Waals surface area contributed by atoms with Crippen molar-refractivity contribution in [2.75, 3.05) is 5.32 Å². The summed E-state index contributed by atoms with van der Waals surface area (Å²) in [4.78, 5) is 22.1. The smallest absolute Gasteiger partial charge is 0.248 e. The van der Waals surface area contributed by atoms with Crippen LogP contribution in [0.4, 0.5) is 10.1 Å². The van der Waals surface area contributed by atoms with E-state index in [9.17, 15) is 14.0 Å². The summed E-state index contributed by atoms with van der Waals surface area (Å²) in [6.07, 6.45) is 0. The molecular weight excluding hydrogens is 235 g/mol. The van der Waals surface area contributed by atoms with Crippen LogP contribution in [-0.4, -0.2) is 17.2 Å². The zero-order chi connectivity index (χ0) is 12.3. The van der Waals surface area contributed by atoms with Crippen molar-refractivity contribution in [1.82, 2.24) is 0 Å². The quantitative estimate of drug-likeness (QED) is 0.791. The summed E-state index contributed by atoms with van der Waals surface area (Å²) >= 11 is 5.51. The van der Waals surface area contributed by atoms with E-state index in [1.165, 1.54) is 13.0 Å². The van der Waals surface area contributed by atoms with E-state index in [1.807, 2.05) is 0 Å². The predicted molar refractivity (Wildman–Crippen MR) is 58.9 cm³/mol. The van der Waals surface area contributed by atoms with E-state index in [2.05, 4.69) is 5.32 Å². The maximum absolute atomic E-state index is 13.2. The Kier molecular flexibility index (Phi) is 3.84. The van der Waals surface area contributed by atoms with Crippen molar-refractivity contribution in [2.24, 2.45) is 5.73 Å². The molecule has 0 saturated carbocycles. The van der Waals surface area contributed by atoms with E-state index >= 15 is 0 Å². The largest absolute Gasteiger partial charge is 0.366 e. The summed E-state index contributed by atoms with van der Waals surface area (Å²) in [5.41, 5.74) is 5.02. The Morgan fingerprint density at radius 2 is 2.12 bits per heavy atom. The molecule has 1 aromatic carbocycles. The maximum atomic E-state index is 13.2. The summed E-state index contributed by atoms with van der Waals surface area (Å²) in [5.74, 6) is -1.91. The molecule has 0 aliphatic heterocycles. The van der Waals surface area contributed by atoms with Crippen molar-refractivity contribution in [3.05, 3.63) is 29.6 Å². The third-order valence-corrected chi connectivity index (χ3v) is 2.07. The van der Waals surface area contributed by atoms with Gasteiger partial charge in [0.15, 0.2) is 0 Å². The van der Waals surface area contributed by atoms with Crippen LogP contribution in [0.3, 0.4) is 0 Å². The number of hydrogen-bond acceptors (Lipinski definition) is 2. The van der Waals surface area contributed by atoms with Crippen LogP contribution < -0.4 is 11.1 Å². The van der Waals surface area contributed by atoms with Gasteiger partial charge in [-0.25, -0.2) is 4.39 Å². The van der Waals surface area contributed by atoms with Crippen LogP contribution in [0.25, 0.3) is 0 Å². The average Bonchev–Trinajstić information content (AvgIpc) is 2.20. The summed E-state index contributed by atoms with van der Waals surface area (Å²) in [6.45, 7) is 1.45. The topological polar surface area (TPSA) is 72.2 Å². The number of hydrogen-bond donors (Lipinski definition) is 2. The number of carbonyl (C=O) groups excluding carboxylic acids is 2. The van der Waals surface area contributed by atoms with Crippen LogP contribution in [0.5, 0.6) is 0 Å². The molecule has 0 radical (unpaired) electrons. The highest BCUT2D eigenvalue weighted by atomic mass is 35.5. The Morgan fingerprint density at radius 3 is 2.62 bits per heavy atom. The van der Waals surface area contributed by atoms with E-state index in [4.69, 9.17) is 17.3 Å². The molecule has 86 valence electrons. The predicted octanol–water partition coefficient (Wildman–Crippen LogP) is 1.49. The Hall–Kier alpha value is -1.62. The molecule has 0 saturated heterocycles. The van der Waals surface area contributed by atoms with Crippen molar-refractivity contribution < 1.29 is 14.0 Å². The molecule has 1 rings (SSSR count). The Bertz CT molecular complexity index is 435. The molecule has 1 unspecified atom stereocenters. The standard InChI is InChI=1S/C10H10ClFN2O2/c1-5(11)10(16)14-8-4-6(9(13)15)2-3-7(8)12/h2-5H,1H3,(H2,13,15)(H,14,16). The monoisotopic (exact) mass is 244 g/mol. The lowest BCUT2D eigenvalue weighted by molar-refractivity contribution is -0.115. The van der Waals surface area contributed by atoms with Gasteiger partial charge < -0.3 is 11.1 Å². The highest BCUT2D eigenvalue weighted by molar-refractivity contribution is 6.32. The maximum Gasteiger partial charge on any atom is 0.248 e. The molecule has 1 atom stereocenters. The number of benzene rings is 1. The molecule has 0 aliphatic carbocycles. The highest BCUT2D eigenvalue weighted by Crippen LogP contribution is 2.16. The Morgan fingerprint density at radius 1 is 1.50 bits per heavy atom. The highest BCUT2D eigenvalue weighted by Gasteiger charge is 2.13. The van der Waals surface area contributed by atoms with Crippen molar-refractivity contribution in [3.8, 4) is 0 Å². The molecule has 3 N–H and O–H groups in total. The van der Waals surface area contributed by atoms with Crippen LogP contribution in [0.15, 0.2) is 18.2 Å². The van der Waals surface area contributed by atoms with Crippen molar-refractivity contribution in [2.45, 2.75) is 12.3 Å². The Balaban J connectivity index is 2.99. The van der Waals surface area contributed by atoms with Crippen molar-refractivity contribution in [1.29, 1.82) is 0 Å². The first-order valence-electron chi connectivity index (χ1n) is 4.46. The van der Waals surface area contributed by atoms with E-state index in [0.29, 0.717) is 0 Å². The summed E-state index contributed by atoms with van der Waals surface area (Å²) in [7, 11) is 0. The van der Waals surface area contributed by atoms with E-state index in [1.54, 1.807) is 0 Å². The van der Waals surface area contributed by atoms with Gasteiger partial charge in [0.2, 0.25) is 11.8 Å². The molecule has 4 nitrogen and oxygen atoms in total. The number of nitrogens with one attached hydrogen (secondary N) is 1. The van der Waals surface area contributed by atoms with Crippen molar-refractivity contribution in [3.63, 3.8) is 0 Å². The van der Waals surface area contributed by atoms with Gasteiger partial charge in [0.05, 0.1) is 5.69 Å². The van der Waals surface area contributed by atoms with Gasteiger partial charge in [0.1, 0.15) is 11.2 Å². The number of alkyl halides is 1. The second-order valence-electron chi connectivity index (χ2n) is 3.16. The second-order valence-corrected chi connectivity index (χ2v) is 3.82. The molecular formula is C10H10ClFN2O2. The van der Waals surface area contributed by atoms with Crippen LogP contribution in [0, 0.1) is 5.82 Å². The lowest BCUT2D eigenvalue weighted by Crippen LogP contribution is -2.21. The molecule has 1 aromatic rings. The number of halogens is 2. The van der Waals surface area contributed by atoms with Gasteiger partial charge in [0, 0.05) is 5.56 Å². The van der Waals surface area contributed by atoms with Gasteiger partial charge in [0.25, 0.3) is 0 Å². The van der Waals surface area contributed by atoms with Crippen molar-refractivity contribution >= 4 is 29.1 Å². The fraction of sp³-hybridized carbons (Fsp3) is 0.200. The molecule has 2 amide bonds. The lowest BCUT2D eigenvalue weighted by Gasteiger charge is -2.08. The van der Waals surface area contributed by atoms with Crippen LogP contribution in [-0.2, 0) is 4.79 Å². The zero-order valence-electron chi connectivity index (χ0n) is 8.46. The summed E-state index contributed by atoms with van der Waals surface area (Å²) in [5, 5.41) is 1.46. The fourth-order valence-electron chi connectivity index (χ4n) is 1.01. The number of carbonyl (C=O) groups is 2. The van der Waals surface area contributed by atoms with Gasteiger partial charge in [-0.1, -0.05) is 0 Å². The van der Waals surface area contributed by atoms with E-state index < -0.39 is 23.0 Å². The number of amides is 2. The van der Waals surface area contributed by atoms with E-state index in [-0.39, 0.29) is 11.3 Å². The SMILES string of the molecule is CC(Cl)C(=O)Nc1cc(C(N)=O)ccc1F.